The summed E-state index contributed by atoms with van der Waals surface area (Å²) < 4.78 is 5.78. The van der Waals surface area contributed by atoms with Crippen molar-refractivity contribution in [1.82, 2.24) is 0 Å². The van der Waals surface area contributed by atoms with Crippen molar-refractivity contribution >= 4 is 11.4 Å². The summed E-state index contributed by atoms with van der Waals surface area (Å²) in [5.74, 6) is 0.444. The molecule has 4 unspecified atom stereocenters. The van der Waals surface area contributed by atoms with Gasteiger partial charge in [0, 0.05) is 36.4 Å². The van der Waals surface area contributed by atoms with Gasteiger partial charge in [-0.25, -0.2) is 0 Å². The predicted molar refractivity (Wildman–Crippen MR) is 75.7 cm³/mol. The highest BCUT2D eigenvalue weighted by Crippen LogP contribution is 2.39. The Bertz CT molecular complexity index is 534. The third-order valence-corrected chi connectivity index (χ3v) is 4.42. The molecule has 1 aromatic rings. The van der Waals surface area contributed by atoms with Crippen LogP contribution in [0.4, 0.5) is 11.4 Å². The Kier molecular flexibility index (Phi) is 3.35. The van der Waals surface area contributed by atoms with E-state index in [0.29, 0.717) is 5.92 Å². The van der Waals surface area contributed by atoms with Gasteiger partial charge >= 0.3 is 0 Å². The van der Waals surface area contributed by atoms with Crippen LogP contribution in [0.3, 0.4) is 0 Å². The van der Waals surface area contributed by atoms with Gasteiger partial charge in [0.15, 0.2) is 0 Å². The van der Waals surface area contributed by atoms with Gasteiger partial charge in [0.25, 0.3) is 5.69 Å². The highest BCUT2D eigenvalue weighted by atomic mass is 16.6. The van der Waals surface area contributed by atoms with Gasteiger partial charge in [-0.1, -0.05) is 0 Å². The highest BCUT2D eigenvalue weighted by molar-refractivity contribution is 5.56. The van der Waals surface area contributed by atoms with Gasteiger partial charge in [-0.05, 0) is 31.4 Å². The lowest BCUT2D eigenvalue weighted by molar-refractivity contribution is -0.384. The van der Waals surface area contributed by atoms with Crippen LogP contribution < -0.4 is 11.1 Å². The van der Waals surface area contributed by atoms with Crippen LogP contribution in [0.1, 0.15) is 18.4 Å². The third kappa shape index (κ3) is 2.14. The fraction of sp³-hybridized carbons (Fsp3) is 0.571. The molecule has 0 aromatic heterocycles. The first-order valence-electron chi connectivity index (χ1n) is 6.96. The summed E-state index contributed by atoms with van der Waals surface area (Å²) in [6, 6.07) is 5.02. The van der Waals surface area contributed by atoms with E-state index < -0.39 is 0 Å². The van der Waals surface area contributed by atoms with Crippen LogP contribution in [0.5, 0.6) is 0 Å². The predicted octanol–water partition coefficient (Wildman–Crippen LogP) is 1.82. The standard InChI is InChI=1S/C14H19N3O3/c1-8-7-9(17(18)19)4-5-11(8)16-13-12(15)10-3-2-6-20-14(10)13/h4-5,7,10,12-14,16H,2-3,6,15H2,1H3. The Labute approximate surface area is 117 Å². The highest BCUT2D eigenvalue weighted by Gasteiger charge is 2.50. The maximum Gasteiger partial charge on any atom is 0.269 e. The van der Waals surface area contributed by atoms with Crippen LogP contribution in [-0.2, 0) is 4.74 Å². The molecule has 0 bridgehead atoms. The molecular formula is C14H19N3O3. The second kappa shape index (κ2) is 5.03. The largest absolute Gasteiger partial charge is 0.378 e. The molecule has 1 saturated heterocycles. The zero-order valence-electron chi connectivity index (χ0n) is 11.4. The molecule has 6 nitrogen and oxygen atoms in total. The number of nitro benzene ring substituents is 1. The van der Waals surface area contributed by atoms with E-state index >= 15 is 0 Å². The second-order valence-electron chi connectivity index (χ2n) is 5.65. The quantitative estimate of drug-likeness (QED) is 0.649. The summed E-state index contributed by atoms with van der Waals surface area (Å²) in [7, 11) is 0. The lowest BCUT2D eigenvalue weighted by atomic mass is 9.68. The van der Waals surface area contributed by atoms with Crippen LogP contribution >= 0.6 is 0 Å². The number of ether oxygens (including phenoxy) is 1. The van der Waals surface area contributed by atoms with Crippen molar-refractivity contribution in [2.45, 2.75) is 38.0 Å². The lowest BCUT2D eigenvalue weighted by Gasteiger charge is -2.52. The van der Waals surface area contributed by atoms with Crippen molar-refractivity contribution in [3.05, 3.63) is 33.9 Å². The summed E-state index contributed by atoms with van der Waals surface area (Å²) in [6.07, 6.45) is 2.38. The number of nitrogens with one attached hydrogen (secondary N) is 1. The first-order valence-corrected chi connectivity index (χ1v) is 6.96. The van der Waals surface area contributed by atoms with Gasteiger partial charge in [0.1, 0.15) is 0 Å². The summed E-state index contributed by atoms with van der Waals surface area (Å²) >= 11 is 0. The smallest absolute Gasteiger partial charge is 0.269 e. The molecule has 1 heterocycles. The van der Waals surface area contributed by atoms with Crippen molar-refractivity contribution in [2.24, 2.45) is 11.7 Å². The number of hydrogen-bond acceptors (Lipinski definition) is 5. The number of rotatable bonds is 3. The van der Waals surface area contributed by atoms with Crippen molar-refractivity contribution < 1.29 is 9.66 Å². The van der Waals surface area contributed by atoms with E-state index in [1.807, 2.05) is 6.92 Å². The maximum atomic E-state index is 10.7. The number of anilines is 1. The van der Waals surface area contributed by atoms with Gasteiger partial charge in [-0.3, -0.25) is 10.1 Å². The third-order valence-electron chi connectivity index (χ3n) is 4.42. The molecule has 0 radical (unpaired) electrons. The lowest BCUT2D eigenvalue weighted by Crippen LogP contribution is -2.69. The summed E-state index contributed by atoms with van der Waals surface area (Å²) in [5.41, 5.74) is 8.06. The first kappa shape index (κ1) is 13.3. The topological polar surface area (TPSA) is 90.4 Å². The van der Waals surface area contributed by atoms with Crippen molar-refractivity contribution in [2.75, 3.05) is 11.9 Å². The Hall–Kier alpha value is -1.66. The fourth-order valence-electron chi connectivity index (χ4n) is 3.23. The van der Waals surface area contributed by atoms with E-state index in [1.165, 1.54) is 6.07 Å². The fourth-order valence-corrected chi connectivity index (χ4v) is 3.23. The average molecular weight is 277 g/mol. The number of hydrogen-bond donors (Lipinski definition) is 2. The number of aryl methyl sites for hydroxylation is 1. The molecule has 0 spiro atoms. The van der Waals surface area contributed by atoms with E-state index in [4.69, 9.17) is 10.5 Å². The van der Waals surface area contributed by atoms with Crippen molar-refractivity contribution in [1.29, 1.82) is 0 Å². The molecule has 1 aliphatic heterocycles. The molecule has 3 rings (SSSR count). The maximum absolute atomic E-state index is 10.7. The summed E-state index contributed by atoms with van der Waals surface area (Å²) in [4.78, 5) is 10.4. The normalized spacial score (nSPS) is 32.1. The summed E-state index contributed by atoms with van der Waals surface area (Å²) in [6.45, 7) is 2.66. The molecule has 1 aliphatic carbocycles. The Morgan fingerprint density at radius 3 is 3.00 bits per heavy atom. The molecule has 2 aliphatic rings. The first-order chi connectivity index (χ1) is 9.58. The zero-order valence-corrected chi connectivity index (χ0v) is 11.4. The average Bonchev–Trinajstić information content (AvgIpc) is 2.45. The number of fused-ring (bicyclic) bond motifs is 1. The molecule has 1 saturated carbocycles. The van der Waals surface area contributed by atoms with E-state index in [1.54, 1.807) is 12.1 Å². The van der Waals surface area contributed by atoms with Crippen LogP contribution in [0.25, 0.3) is 0 Å². The molecule has 0 amide bonds. The van der Waals surface area contributed by atoms with Gasteiger partial charge in [-0.2, -0.15) is 0 Å². The van der Waals surface area contributed by atoms with Gasteiger partial charge in [0.05, 0.1) is 17.1 Å². The number of nitrogens with zero attached hydrogens (tertiary/aromatic N) is 1. The van der Waals surface area contributed by atoms with Gasteiger partial charge in [0.2, 0.25) is 0 Å². The number of nitrogens with two attached hydrogens (primary N) is 1. The molecule has 2 fully saturated rings. The minimum Gasteiger partial charge on any atom is -0.378 e. The molecule has 20 heavy (non-hydrogen) atoms. The molecule has 1 aromatic carbocycles. The number of nitro groups is 1. The van der Waals surface area contributed by atoms with Crippen LogP contribution in [0.2, 0.25) is 0 Å². The SMILES string of the molecule is Cc1cc([N+](=O)[O-])ccc1NC1C(N)C2CCCOC21. The Morgan fingerprint density at radius 2 is 2.30 bits per heavy atom. The second-order valence-corrected chi connectivity index (χ2v) is 5.65. The van der Waals surface area contributed by atoms with E-state index in [9.17, 15) is 10.1 Å². The number of benzene rings is 1. The molecule has 4 atom stereocenters. The Morgan fingerprint density at radius 1 is 1.50 bits per heavy atom. The minimum atomic E-state index is -0.383. The van der Waals surface area contributed by atoms with Crippen molar-refractivity contribution in [3.63, 3.8) is 0 Å². The Balaban J connectivity index is 1.73. The minimum absolute atomic E-state index is 0.0925. The van der Waals surface area contributed by atoms with Crippen LogP contribution in [0, 0.1) is 23.0 Å². The monoisotopic (exact) mass is 277 g/mol. The van der Waals surface area contributed by atoms with Crippen LogP contribution in [-0.4, -0.2) is 29.7 Å². The van der Waals surface area contributed by atoms with Crippen LogP contribution in [0.15, 0.2) is 18.2 Å². The molecular weight excluding hydrogens is 258 g/mol. The van der Waals surface area contributed by atoms with Crippen molar-refractivity contribution in [3.8, 4) is 0 Å². The van der Waals surface area contributed by atoms with E-state index in [2.05, 4.69) is 5.32 Å². The summed E-state index contributed by atoms with van der Waals surface area (Å²) in [5, 5.41) is 14.1. The zero-order chi connectivity index (χ0) is 14.3. The number of non-ortho nitro benzene ring substituents is 1. The van der Waals surface area contributed by atoms with E-state index in [-0.39, 0.29) is 28.8 Å². The van der Waals surface area contributed by atoms with Gasteiger partial charge in [-0.15, -0.1) is 0 Å². The molecule has 3 N–H and O–H groups in total. The molecule has 108 valence electrons. The molecule has 6 heteroatoms. The van der Waals surface area contributed by atoms with E-state index in [0.717, 1.165) is 30.7 Å². The van der Waals surface area contributed by atoms with Gasteiger partial charge < -0.3 is 15.8 Å².